The lowest BCUT2D eigenvalue weighted by Crippen LogP contribution is -2.49. The molecule has 12 heteroatoms. The van der Waals surface area contributed by atoms with Crippen LogP contribution in [0.15, 0.2) is 0 Å². The molecule has 0 unspecified atom stereocenters. The summed E-state index contributed by atoms with van der Waals surface area (Å²) in [7, 11) is 1.39. The van der Waals surface area contributed by atoms with E-state index in [2.05, 4.69) is 16.0 Å². The van der Waals surface area contributed by atoms with E-state index in [1.165, 1.54) is 7.05 Å². The number of hydrogen-bond acceptors (Lipinski definition) is 7. The third kappa shape index (κ3) is 9.63. The number of rotatable bonds is 10. The zero-order valence-electron chi connectivity index (χ0n) is 12.9. The van der Waals surface area contributed by atoms with Crippen molar-refractivity contribution in [2.24, 2.45) is 5.73 Å². The number of carboxylic acid groups (broad SMARTS) is 2. The van der Waals surface area contributed by atoms with Crippen LogP contribution in [0.4, 0.5) is 4.79 Å². The van der Waals surface area contributed by atoms with Crippen LogP contribution in [-0.2, 0) is 19.2 Å². The summed E-state index contributed by atoms with van der Waals surface area (Å²) >= 11 is 0.727. The van der Waals surface area contributed by atoms with Gasteiger partial charge >= 0.3 is 11.9 Å². The molecule has 0 aromatic rings. The normalized spacial score (nSPS) is 12.6. The molecule has 7 N–H and O–H groups in total. The Bertz CT molecular complexity index is 500. The summed E-state index contributed by atoms with van der Waals surface area (Å²) in [6, 6.07) is -2.37. The zero-order chi connectivity index (χ0) is 18.7. The highest BCUT2D eigenvalue weighted by Gasteiger charge is 2.23. The number of carbonyl (C=O) groups excluding carboxylic acids is 3. The molecule has 0 spiro atoms. The Hall–Kier alpha value is -2.34. The molecular weight excluding hydrogens is 344 g/mol. The Morgan fingerprint density at radius 1 is 1.17 bits per heavy atom. The largest absolute Gasteiger partial charge is 0.480 e. The highest BCUT2D eigenvalue weighted by Crippen LogP contribution is 2.05. The van der Waals surface area contributed by atoms with Crippen molar-refractivity contribution >= 4 is 40.8 Å². The van der Waals surface area contributed by atoms with Crippen LogP contribution in [0.3, 0.4) is 0 Å². The summed E-state index contributed by atoms with van der Waals surface area (Å²) in [4.78, 5) is 55.9. The lowest BCUT2D eigenvalue weighted by atomic mass is 10.1. The highest BCUT2D eigenvalue weighted by molar-refractivity contribution is 8.13. The van der Waals surface area contributed by atoms with Crippen LogP contribution in [0.5, 0.6) is 0 Å². The molecule has 0 aliphatic carbocycles. The second-order valence-corrected chi connectivity index (χ2v) is 5.56. The average molecular weight is 364 g/mol. The van der Waals surface area contributed by atoms with Crippen molar-refractivity contribution in [1.29, 1.82) is 0 Å². The van der Waals surface area contributed by atoms with Crippen LogP contribution in [0.1, 0.15) is 12.8 Å². The van der Waals surface area contributed by atoms with Gasteiger partial charge in [0.15, 0.2) is 0 Å². The molecule has 0 bridgehead atoms. The standard InChI is InChI=1S/C12H20N4O7S/c1-14-12(23)24-5-7(10(20)15-4-9(18)19)16-8(17)3-2-6(13)11(21)22/h6-7H,2-5,13H2,1H3,(H,14,23)(H,15,20)(H,16,17)(H,18,19)(H,21,22)/t6-,7-/m0/s1. The Balaban J connectivity index is 4.63. The Morgan fingerprint density at radius 3 is 2.29 bits per heavy atom. The van der Waals surface area contributed by atoms with Gasteiger partial charge in [-0.1, -0.05) is 11.8 Å². The van der Waals surface area contributed by atoms with Crippen molar-refractivity contribution in [3.8, 4) is 0 Å². The highest BCUT2D eigenvalue weighted by atomic mass is 32.2. The predicted octanol–water partition coefficient (Wildman–Crippen LogP) is -2.06. The fourth-order valence-corrected chi connectivity index (χ4v) is 2.07. The first kappa shape index (κ1) is 21.7. The number of nitrogens with two attached hydrogens (primary N) is 1. The van der Waals surface area contributed by atoms with Crippen molar-refractivity contribution in [3.63, 3.8) is 0 Å². The van der Waals surface area contributed by atoms with Gasteiger partial charge in [-0.15, -0.1) is 0 Å². The monoisotopic (exact) mass is 364 g/mol. The second kappa shape index (κ2) is 11.2. The van der Waals surface area contributed by atoms with Crippen LogP contribution in [0, 0.1) is 0 Å². The van der Waals surface area contributed by atoms with Gasteiger partial charge in [0.1, 0.15) is 18.6 Å². The van der Waals surface area contributed by atoms with Gasteiger partial charge in [0.25, 0.3) is 5.24 Å². The number of hydrogen-bond donors (Lipinski definition) is 6. The van der Waals surface area contributed by atoms with Crippen molar-refractivity contribution < 1.29 is 34.2 Å². The lowest BCUT2D eigenvalue weighted by molar-refractivity contribution is -0.139. The third-order valence-electron chi connectivity index (χ3n) is 2.65. The van der Waals surface area contributed by atoms with Gasteiger partial charge in [-0.2, -0.15) is 0 Å². The molecule has 24 heavy (non-hydrogen) atoms. The Kier molecular flexibility index (Phi) is 10.1. The van der Waals surface area contributed by atoms with Crippen LogP contribution in [0.25, 0.3) is 0 Å². The van der Waals surface area contributed by atoms with Gasteiger partial charge in [-0.3, -0.25) is 24.0 Å². The number of amides is 3. The minimum absolute atomic E-state index is 0.123. The topological polar surface area (TPSA) is 188 Å². The van der Waals surface area contributed by atoms with Crippen LogP contribution >= 0.6 is 11.8 Å². The molecule has 0 radical (unpaired) electrons. The van der Waals surface area contributed by atoms with Gasteiger partial charge in [-0.25, -0.2) is 0 Å². The van der Waals surface area contributed by atoms with Crippen LogP contribution in [-0.4, -0.2) is 70.6 Å². The molecule has 0 saturated heterocycles. The lowest BCUT2D eigenvalue weighted by Gasteiger charge is -2.17. The second-order valence-electron chi connectivity index (χ2n) is 4.56. The molecule has 0 aromatic heterocycles. The molecule has 0 aromatic carbocycles. The Labute approximate surface area is 141 Å². The molecule has 0 heterocycles. The first-order chi connectivity index (χ1) is 11.2. The number of nitrogens with one attached hydrogen (secondary N) is 3. The molecule has 0 aliphatic heterocycles. The molecule has 3 amide bonds. The average Bonchev–Trinajstić information content (AvgIpc) is 2.53. The van der Waals surface area contributed by atoms with E-state index >= 15 is 0 Å². The van der Waals surface area contributed by atoms with E-state index in [-0.39, 0.29) is 18.6 Å². The molecule has 0 fully saturated rings. The van der Waals surface area contributed by atoms with E-state index in [9.17, 15) is 24.0 Å². The maximum absolute atomic E-state index is 11.9. The zero-order valence-corrected chi connectivity index (χ0v) is 13.7. The number of carboxylic acids is 2. The quantitative estimate of drug-likeness (QED) is 0.253. The Morgan fingerprint density at radius 2 is 1.79 bits per heavy atom. The smallest absolute Gasteiger partial charge is 0.322 e. The molecule has 11 nitrogen and oxygen atoms in total. The fourth-order valence-electron chi connectivity index (χ4n) is 1.38. The van der Waals surface area contributed by atoms with Crippen LogP contribution in [0.2, 0.25) is 0 Å². The van der Waals surface area contributed by atoms with Gasteiger partial charge in [0.2, 0.25) is 11.8 Å². The van der Waals surface area contributed by atoms with Crippen molar-refractivity contribution in [2.45, 2.75) is 24.9 Å². The predicted molar refractivity (Wildman–Crippen MR) is 84.3 cm³/mol. The van der Waals surface area contributed by atoms with Gasteiger partial charge in [0, 0.05) is 19.2 Å². The van der Waals surface area contributed by atoms with E-state index < -0.39 is 47.6 Å². The minimum Gasteiger partial charge on any atom is -0.480 e. The fraction of sp³-hybridized carbons (Fsp3) is 0.583. The van der Waals surface area contributed by atoms with Gasteiger partial charge < -0.3 is 31.9 Å². The van der Waals surface area contributed by atoms with Gasteiger partial charge in [0.05, 0.1) is 0 Å². The summed E-state index contributed by atoms with van der Waals surface area (Å²) < 4.78 is 0. The van der Waals surface area contributed by atoms with Gasteiger partial charge in [-0.05, 0) is 6.42 Å². The van der Waals surface area contributed by atoms with E-state index in [1.54, 1.807) is 0 Å². The third-order valence-corrected chi connectivity index (χ3v) is 3.62. The summed E-state index contributed by atoms with van der Waals surface area (Å²) in [6.07, 6.45) is -0.367. The number of carbonyl (C=O) groups is 5. The SMILES string of the molecule is CNC(=O)SC[C@H](NC(=O)CC[C@H](N)C(=O)O)C(=O)NCC(=O)O. The summed E-state index contributed by atoms with van der Waals surface area (Å²) in [5.41, 5.74) is 5.27. The first-order valence-electron chi connectivity index (χ1n) is 6.79. The van der Waals surface area contributed by atoms with E-state index in [1.807, 2.05) is 0 Å². The number of thioether (sulfide) groups is 1. The van der Waals surface area contributed by atoms with E-state index in [0.717, 1.165) is 11.8 Å². The van der Waals surface area contributed by atoms with Crippen molar-refractivity contribution in [2.75, 3.05) is 19.3 Å². The van der Waals surface area contributed by atoms with E-state index in [0.29, 0.717) is 0 Å². The molecule has 0 aliphatic rings. The molecule has 0 rings (SSSR count). The summed E-state index contributed by atoms with van der Waals surface area (Å²) in [5.74, 6) is -4.06. The van der Waals surface area contributed by atoms with E-state index in [4.69, 9.17) is 15.9 Å². The van der Waals surface area contributed by atoms with Crippen molar-refractivity contribution in [1.82, 2.24) is 16.0 Å². The van der Waals surface area contributed by atoms with Crippen LogP contribution < -0.4 is 21.7 Å². The molecule has 2 atom stereocenters. The molecular formula is C12H20N4O7S. The molecule has 0 saturated carbocycles. The van der Waals surface area contributed by atoms with Crippen molar-refractivity contribution in [3.05, 3.63) is 0 Å². The minimum atomic E-state index is -1.26. The molecule has 136 valence electrons. The maximum Gasteiger partial charge on any atom is 0.322 e. The first-order valence-corrected chi connectivity index (χ1v) is 7.77. The maximum atomic E-state index is 11.9. The summed E-state index contributed by atoms with van der Waals surface area (Å²) in [5, 5.41) is 23.5. The summed E-state index contributed by atoms with van der Waals surface area (Å²) in [6.45, 7) is -0.639. The number of aliphatic carboxylic acids is 2.